The topological polar surface area (TPSA) is 116 Å². The molecule has 0 saturated carbocycles. The lowest BCUT2D eigenvalue weighted by Crippen LogP contribution is -2.10. The third-order valence-corrected chi connectivity index (χ3v) is 2.77. The van der Waals surface area contributed by atoms with Crippen molar-refractivity contribution in [2.45, 2.75) is 20.8 Å². The first kappa shape index (κ1) is 14.7. The number of nitro benzene ring substituents is 1. The normalized spacial score (nSPS) is 10.3. The predicted octanol–water partition coefficient (Wildman–Crippen LogP) is 2.39. The van der Waals surface area contributed by atoms with Crippen molar-refractivity contribution in [3.63, 3.8) is 0 Å². The molecule has 1 aromatic heterocycles. The molecule has 0 aliphatic heterocycles. The lowest BCUT2D eigenvalue weighted by Gasteiger charge is -2.10. The highest BCUT2D eigenvalue weighted by Gasteiger charge is 2.20. The molecule has 0 atom stereocenters. The maximum atomic E-state index is 11.2. The average molecular weight is 289 g/mol. The zero-order valence-electron chi connectivity index (χ0n) is 11.9. The summed E-state index contributed by atoms with van der Waals surface area (Å²) in [6.07, 6.45) is 0. The Kier molecular flexibility index (Phi) is 3.99. The SMILES string of the molecule is Cc1cc(C)c(Oc2cc(NN)nc(C)n2)c([N+](=O)[O-])c1. The predicted molar refractivity (Wildman–Crippen MR) is 77.2 cm³/mol. The molecule has 0 fully saturated rings. The fourth-order valence-electron chi connectivity index (χ4n) is 1.97. The molecule has 21 heavy (non-hydrogen) atoms. The number of benzene rings is 1. The fraction of sp³-hybridized carbons (Fsp3) is 0.231. The van der Waals surface area contributed by atoms with E-state index in [-0.39, 0.29) is 17.3 Å². The van der Waals surface area contributed by atoms with Crippen LogP contribution in [0.1, 0.15) is 17.0 Å². The second kappa shape index (κ2) is 5.71. The maximum Gasteiger partial charge on any atom is 0.312 e. The van der Waals surface area contributed by atoms with Gasteiger partial charge in [-0.25, -0.2) is 10.8 Å². The van der Waals surface area contributed by atoms with Gasteiger partial charge in [0.25, 0.3) is 0 Å². The van der Waals surface area contributed by atoms with Crippen LogP contribution in [-0.4, -0.2) is 14.9 Å². The average Bonchev–Trinajstić information content (AvgIpc) is 2.40. The van der Waals surface area contributed by atoms with Crippen LogP contribution in [0.25, 0.3) is 0 Å². The largest absolute Gasteiger partial charge is 0.431 e. The van der Waals surface area contributed by atoms with Crippen molar-refractivity contribution in [2.75, 3.05) is 5.43 Å². The molecule has 0 aliphatic rings. The van der Waals surface area contributed by atoms with Gasteiger partial charge in [0.1, 0.15) is 11.6 Å². The summed E-state index contributed by atoms with van der Waals surface area (Å²) in [5, 5.41) is 11.2. The quantitative estimate of drug-likeness (QED) is 0.504. The van der Waals surface area contributed by atoms with Crippen molar-refractivity contribution >= 4 is 11.5 Å². The molecule has 0 radical (unpaired) electrons. The summed E-state index contributed by atoms with van der Waals surface area (Å²) in [6, 6.07) is 4.73. The van der Waals surface area contributed by atoms with E-state index >= 15 is 0 Å². The molecule has 0 spiro atoms. The van der Waals surface area contributed by atoms with Crippen molar-refractivity contribution in [3.05, 3.63) is 45.3 Å². The van der Waals surface area contributed by atoms with Gasteiger partial charge in [0.05, 0.1) is 4.92 Å². The van der Waals surface area contributed by atoms with Gasteiger partial charge in [-0.05, 0) is 31.9 Å². The molecule has 1 aromatic carbocycles. The Morgan fingerprint density at radius 1 is 1.24 bits per heavy atom. The number of nitrogens with zero attached hydrogens (tertiary/aromatic N) is 3. The zero-order valence-corrected chi connectivity index (χ0v) is 11.9. The van der Waals surface area contributed by atoms with Gasteiger partial charge in [0.2, 0.25) is 11.6 Å². The Morgan fingerprint density at radius 2 is 1.95 bits per heavy atom. The fourth-order valence-corrected chi connectivity index (χ4v) is 1.97. The Balaban J connectivity index is 2.48. The molecule has 8 heteroatoms. The van der Waals surface area contributed by atoms with Crippen molar-refractivity contribution in [1.82, 2.24) is 9.97 Å². The molecule has 0 aliphatic carbocycles. The van der Waals surface area contributed by atoms with Crippen LogP contribution >= 0.6 is 0 Å². The number of hydrazine groups is 1. The van der Waals surface area contributed by atoms with E-state index < -0.39 is 4.92 Å². The Labute approximate surface area is 121 Å². The molecule has 8 nitrogen and oxygen atoms in total. The summed E-state index contributed by atoms with van der Waals surface area (Å²) in [4.78, 5) is 18.8. The molecule has 1 heterocycles. The molecule has 0 bridgehead atoms. The smallest absolute Gasteiger partial charge is 0.312 e. The molecule has 0 unspecified atom stereocenters. The highest BCUT2D eigenvalue weighted by molar-refractivity contribution is 5.55. The minimum Gasteiger partial charge on any atom is -0.431 e. The number of nitrogens with two attached hydrogens (primary N) is 1. The summed E-state index contributed by atoms with van der Waals surface area (Å²) in [7, 11) is 0. The van der Waals surface area contributed by atoms with Crippen LogP contribution < -0.4 is 16.0 Å². The lowest BCUT2D eigenvalue weighted by molar-refractivity contribution is -0.385. The molecular formula is C13H15N5O3. The summed E-state index contributed by atoms with van der Waals surface area (Å²) in [5.41, 5.74) is 3.72. The number of ether oxygens (including phenoxy) is 1. The number of aromatic nitrogens is 2. The Bertz CT molecular complexity index is 702. The van der Waals surface area contributed by atoms with E-state index in [1.54, 1.807) is 26.8 Å². The van der Waals surface area contributed by atoms with E-state index in [4.69, 9.17) is 10.6 Å². The molecule has 0 amide bonds. The number of nitro groups is 1. The van der Waals surface area contributed by atoms with Crippen LogP contribution in [0, 0.1) is 30.9 Å². The van der Waals surface area contributed by atoms with Crippen LogP contribution in [0.3, 0.4) is 0 Å². The van der Waals surface area contributed by atoms with Gasteiger partial charge in [-0.3, -0.25) is 10.1 Å². The Hall–Kier alpha value is -2.74. The third kappa shape index (κ3) is 3.23. The summed E-state index contributed by atoms with van der Waals surface area (Å²) >= 11 is 0. The lowest BCUT2D eigenvalue weighted by atomic mass is 10.1. The third-order valence-electron chi connectivity index (χ3n) is 2.77. The van der Waals surface area contributed by atoms with Crippen molar-refractivity contribution in [1.29, 1.82) is 0 Å². The van der Waals surface area contributed by atoms with Crippen molar-refractivity contribution in [3.8, 4) is 11.6 Å². The van der Waals surface area contributed by atoms with Gasteiger partial charge in [-0.2, -0.15) is 4.98 Å². The van der Waals surface area contributed by atoms with Gasteiger partial charge in [0.15, 0.2) is 0 Å². The van der Waals surface area contributed by atoms with Crippen LogP contribution in [0.2, 0.25) is 0 Å². The summed E-state index contributed by atoms with van der Waals surface area (Å²) in [5.74, 6) is 6.45. The Morgan fingerprint density at radius 3 is 2.57 bits per heavy atom. The van der Waals surface area contributed by atoms with E-state index in [1.165, 1.54) is 12.1 Å². The molecule has 3 N–H and O–H groups in total. The van der Waals surface area contributed by atoms with Crippen LogP contribution in [0.4, 0.5) is 11.5 Å². The molecular weight excluding hydrogens is 274 g/mol. The first-order valence-corrected chi connectivity index (χ1v) is 6.16. The summed E-state index contributed by atoms with van der Waals surface area (Å²) in [6.45, 7) is 5.20. The first-order chi connectivity index (χ1) is 9.90. The van der Waals surface area contributed by atoms with Gasteiger partial charge >= 0.3 is 5.69 Å². The van der Waals surface area contributed by atoms with E-state index in [9.17, 15) is 10.1 Å². The van der Waals surface area contributed by atoms with Gasteiger partial charge in [-0.1, -0.05) is 6.07 Å². The van der Waals surface area contributed by atoms with E-state index in [0.717, 1.165) is 5.56 Å². The number of anilines is 1. The van der Waals surface area contributed by atoms with Crippen LogP contribution in [-0.2, 0) is 0 Å². The number of nitrogen functional groups attached to an aromatic ring is 1. The number of hydrogen-bond acceptors (Lipinski definition) is 7. The van der Waals surface area contributed by atoms with Crippen molar-refractivity contribution < 1.29 is 9.66 Å². The second-order valence-corrected chi connectivity index (χ2v) is 4.57. The van der Waals surface area contributed by atoms with Gasteiger partial charge in [-0.15, -0.1) is 0 Å². The number of nitrogens with one attached hydrogen (secondary N) is 1. The highest BCUT2D eigenvalue weighted by Crippen LogP contribution is 2.35. The van der Waals surface area contributed by atoms with Gasteiger partial charge in [0, 0.05) is 12.1 Å². The van der Waals surface area contributed by atoms with E-state index in [1.807, 2.05) is 0 Å². The highest BCUT2D eigenvalue weighted by atomic mass is 16.6. The van der Waals surface area contributed by atoms with Crippen LogP contribution in [0.5, 0.6) is 11.6 Å². The molecule has 2 aromatic rings. The minimum atomic E-state index is -0.481. The monoisotopic (exact) mass is 289 g/mol. The maximum absolute atomic E-state index is 11.2. The van der Waals surface area contributed by atoms with E-state index in [0.29, 0.717) is 17.2 Å². The van der Waals surface area contributed by atoms with E-state index in [2.05, 4.69) is 15.4 Å². The van der Waals surface area contributed by atoms with Crippen LogP contribution in [0.15, 0.2) is 18.2 Å². The summed E-state index contributed by atoms with van der Waals surface area (Å²) < 4.78 is 5.59. The van der Waals surface area contributed by atoms with Gasteiger partial charge < -0.3 is 10.2 Å². The molecule has 2 rings (SSSR count). The molecule has 0 saturated heterocycles. The number of aryl methyl sites for hydroxylation is 3. The number of rotatable bonds is 4. The zero-order chi connectivity index (χ0) is 15.6. The standard InChI is InChI=1S/C13H15N5O3/c1-7-4-8(2)13(10(5-7)18(19)20)21-12-6-11(17-14)15-9(3)16-12/h4-6H,14H2,1-3H3,(H,15,16,17). The first-order valence-electron chi connectivity index (χ1n) is 6.16. The minimum absolute atomic E-state index is 0.106. The number of hydrogen-bond donors (Lipinski definition) is 2. The van der Waals surface area contributed by atoms with Crippen molar-refractivity contribution in [2.24, 2.45) is 5.84 Å². The second-order valence-electron chi connectivity index (χ2n) is 4.57. The molecule has 110 valence electrons.